The minimum absolute atomic E-state index is 0.0308. The molecule has 246 valence electrons. The molecule has 10 heteroatoms. The van der Waals surface area contributed by atoms with Crippen LogP contribution in [0, 0.1) is 6.92 Å². The second-order valence-corrected chi connectivity index (χ2v) is 15.2. The van der Waals surface area contributed by atoms with Gasteiger partial charge in [-0.15, -0.1) is 0 Å². The van der Waals surface area contributed by atoms with Crippen LogP contribution in [-0.2, 0) is 32.6 Å². The summed E-state index contributed by atoms with van der Waals surface area (Å²) in [6, 6.07) is 29.3. The van der Waals surface area contributed by atoms with E-state index in [0.717, 1.165) is 52.0 Å². The molecule has 0 aliphatic heterocycles. The summed E-state index contributed by atoms with van der Waals surface area (Å²) in [6.07, 6.45) is 5.28. The molecule has 1 N–H and O–H groups in total. The Morgan fingerprint density at radius 1 is 0.872 bits per heavy atom. The molecule has 4 aromatic rings. The molecule has 1 saturated carbocycles. The maximum absolute atomic E-state index is 14.7. The van der Waals surface area contributed by atoms with Gasteiger partial charge in [-0.1, -0.05) is 114 Å². The predicted molar refractivity (Wildman–Crippen MR) is 191 cm³/mol. The predicted octanol–water partition coefficient (Wildman–Crippen LogP) is 7.70. The Bertz CT molecular complexity index is 1770. The molecule has 0 aromatic heterocycles. The fraction of sp³-hybridized carbons (Fsp3) is 0.297. The average Bonchev–Trinajstić information content (AvgIpc) is 3.08. The Kier molecular flexibility index (Phi) is 11.8. The number of carbonyl (C=O) groups excluding carboxylic acids is 2. The van der Waals surface area contributed by atoms with Crippen molar-refractivity contribution in [2.45, 2.75) is 69.0 Å². The summed E-state index contributed by atoms with van der Waals surface area (Å²) in [5.74, 6) is -0.755. The number of amides is 2. The van der Waals surface area contributed by atoms with Crippen LogP contribution in [0.1, 0.15) is 48.8 Å². The Hall–Kier alpha value is -3.66. The first kappa shape index (κ1) is 34.7. The molecule has 1 aliphatic carbocycles. The number of hydrogen-bond acceptors (Lipinski definition) is 4. The lowest BCUT2D eigenvalue weighted by Gasteiger charge is -2.35. The number of halogens is 2. The van der Waals surface area contributed by atoms with Gasteiger partial charge < -0.3 is 10.2 Å². The van der Waals surface area contributed by atoms with Crippen molar-refractivity contribution in [3.63, 3.8) is 0 Å². The first-order valence-electron chi connectivity index (χ1n) is 15.8. The van der Waals surface area contributed by atoms with E-state index in [2.05, 4.69) is 21.2 Å². The van der Waals surface area contributed by atoms with Gasteiger partial charge in [0.05, 0.1) is 10.6 Å². The summed E-state index contributed by atoms with van der Waals surface area (Å²) in [5.41, 5.74) is 2.63. The highest BCUT2D eigenvalue weighted by Crippen LogP contribution is 2.30. The molecule has 4 aromatic carbocycles. The summed E-state index contributed by atoms with van der Waals surface area (Å²) in [6.45, 7) is 1.35. The number of rotatable bonds is 12. The molecule has 0 spiro atoms. The Labute approximate surface area is 291 Å². The number of aryl methyl sites for hydroxylation is 1. The number of carbonyl (C=O) groups is 2. The average molecular weight is 737 g/mol. The van der Waals surface area contributed by atoms with E-state index in [9.17, 15) is 18.0 Å². The van der Waals surface area contributed by atoms with Crippen LogP contribution in [0.5, 0.6) is 0 Å². The fourth-order valence-corrected chi connectivity index (χ4v) is 7.89. The van der Waals surface area contributed by atoms with Gasteiger partial charge in [-0.3, -0.25) is 13.9 Å². The Balaban J connectivity index is 1.58. The molecular formula is C37H39BrClN3O4S. The van der Waals surface area contributed by atoms with Crippen LogP contribution in [0.25, 0.3) is 0 Å². The zero-order chi connectivity index (χ0) is 33.4. The van der Waals surface area contributed by atoms with E-state index >= 15 is 0 Å². The fourth-order valence-electron chi connectivity index (χ4n) is 5.97. The standard InChI is InChI=1S/C37H39BrClN3O4S/c1-27-17-22-31(39)24-34(27)42(47(45,46)33-15-9-4-10-16-33)26-36(43)41(25-29-18-20-30(38)21-19-29)35(23-28-11-5-2-6-12-28)37(44)40-32-13-7-3-8-14-32/h2,4-6,9-12,15-22,24,32,35H,3,7-8,13-14,23,25-26H2,1H3,(H,40,44)/t35-/m1/s1. The quantitative estimate of drug-likeness (QED) is 0.162. The van der Waals surface area contributed by atoms with Crippen molar-refractivity contribution in [1.82, 2.24) is 10.2 Å². The van der Waals surface area contributed by atoms with Crippen LogP contribution in [0.3, 0.4) is 0 Å². The summed E-state index contributed by atoms with van der Waals surface area (Å²) in [7, 11) is -4.21. The van der Waals surface area contributed by atoms with Crippen LogP contribution in [0.2, 0.25) is 5.02 Å². The van der Waals surface area contributed by atoms with Gasteiger partial charge in [0.15, 0.2) is 0 Å². The second-order valence-electron chi connectivity index (χ2n) is 12.0. The SMILES string of the molecule is Cc1ccc(Cl)cc1N(CC(=O)N(Cc1ccc(Br)cc1)[C@H](Cc1ccccc1)C(=O)NC1CCCCC1)S(=O)(=O)c1ccccc1. The molecular weight excluding hydrogens is 698 g/mol. The molecule has 2 amide bonds. The Morgan fingerprint density at radius 3 is 2.17 bits per heavy atom. The van der Waals surface area contributed by atoms with E-state index < -0.39 is 28.5 Å². The van der Waals surface area contributed by atoms with Crippen molar-refractivity contribution in [2.24, 2.45) is 0 Å². The Morgan fingerprint density at radius 2 is 1.51 bits per heavy atom. The number of anilines is 1. The van der Waals surface area contributed by atoms with Crippen molar-refractivity contribution in [3.8, 4) is 0 Å². The van der Waals surface area contributed by atoms with Gasteiger partial charge in [-0.2, -0.15) is 0 Å². The lowest BCUT2D eigenvalue weighted by Crippen LogP contribution is -2.55. The topological polar surface area (TPSA) is 86.8 Å². The number of sulfonamides is 1. The van der Waals surface area contributed by atoms with Crippen LogP contribution in [-0.4, -0.2) is 43.8 Å². The van der Waals surface area contributed by atoms with Gasteiger partial charge in [0.1, 0.15) is 12.6 Å². The zero-order valence-corrected chi connectivity index (χ0v) is 29.5. The molecule has 0 radical (unpaired) electrons. The molecule has 5 rings (SSSR count). The highest BCUT2D eigenvalue weighted by Gasteiger charge is 2.36. The lowest BCUT2D eigenvalue weighted by molar-refractivity contribution is -0.140. The highest BCUT2D eigenvalue weighted by atomic mass is 79.9. The van der Waals surface area contributed by atoms with Crippen LogP contribution in [0.15, 0.2) is 112 Å². The van der Waals surface area contributed by atoms with Gasteiger partial charge in [0.2, 0.25) is 11.8 Å². The molecule has 47 heavy (non-hydrogen) atoms. The highest BCUT2D eigenvalue weighted by molar-refractivity contribution is 9.10. The molecule has 1 aliphatic rings. The van der Waals surface area contributed by atoms with Crippen molar-refractivity contribution < 1.29 is 18.0 Å². The van der Waals surface area contributed by atoms with Gasteiger partial charge in [0.25, 0.3) is 10.0 Å². The molecule has 1 atom stereocenters. The van der Waals surface area contributed by atoms with E-state index in [1.165, 1.54) is 17.0 Å². The molecule has 0 saturated heterocycles. The van der Waals surface area contributed by atoms with Crippen molar-refractivity contribution in [2.75, 3.05) is 10.8 Å². The first-order valence-corrected chi connectivity index (χ1v) is 18.4. The lowest BCUT2D eigenvalue weighted by atomic mass is 9.94. The smallest absolute Gasteiger partial charge is 0.264 e. The van der Waals surface area contributed by atoms with E-state index in [1.807, 2.05) is 54.6 Å². The summed E-state index contributed by atoms with van der Waals surface area (Å²) in [5, 5.41) is 3.58. The van der Waals surface area contributed by atoms with E-state index in [4.69, 9.17) is 11.6 Å². The van der Waals surface area contributed by atoms with Crippen molar-refractivity contribution in [3.05, 3.63) is 129 Å². The maximum Gasteiger partial charge on any atom is 0.264 e. The van der Waals surface area contributed by atoms with Gasteiger partial charge >= 0.3 is 0 Å². The number of nitrogens with one attached hydrogen (secondary N) is 1. The molecule has 0 heterocycles. The minimum Gasteiger partial charge on any atom is -0.352 e. The third kappa shape index (κ3) is 9.03. The molecule has 1 fully saturated rings. The molecule has 0 unspecified atom stereocenters. The van der Waals surface area contributed by atoms with Gasteiger partial charge in [0, 0.05) is 28.5 Å². The normalized spacial score (nSPS) is 14.3. The third-order valence-electron chi connectivity index (χ3n) is 8.54. The van der Waals surface area contributed by atoms with Crippen LogP contribution < -0.4 is 9.62 Å². The summed E-state index contributed by atoms with van der Waals surface area (Å²) in [4.78, 5) is 30.5. The van der Waals surface area contributed by atoms with E-state index in [-0.39, 0.29) is 29.8 Å². The van der Waals surface area contributed by atoms with Crippen LogP contribution >= 0.6 is 27.5 Å². The monoisotopic (exact) mass is 735 g/mol. The number of benzene rings is 4. The van der Waals surface area contributed by atoms with Gasteiger partial charge in [-0.05, 0) is 72.9 Å². The van der Waals surface area contributed by atoms with Gasteiger partial charge in [-0.25, -0.2) is 8.42 Å². The zero-order valence-electron chi connectivity index (χ0n) is 26.3. The van der Waals surface area contributed by atoms with E-state index in [1.54, 1.807) is 43.3 Å². The van der Waals surface area contributed by atoms with Crippen molar-refractivity contribution in [1.29, 1.82) is 0 Å². The molecule has 0 bridgehead atoms. The largest absolute Gasteiger partial charge is 0.352 e. The second kappa shape index (κ2) is 16.0. The van der Waals surface area contributed by atoms with Crippen molar-refractivity contribution >= 4 is 55.1 Å². The summed E-state index contributed by atoms with van der Waals surface area (Å²) < 4.78 is 30.5. The molecule has 7 nitrogen and oxygen atoms in total. The van der Waals surface area contributed by atoms with Crippen LogP contribution in [0.4, 0.5) is 5.69 Å². The minimum atomic E-state index is -4.21. The maximum atomic E-state index is 14.7. The van der Waals surface area contributed by atoms with E-state index in [0.29, 0.717) is 16.3 Å². The summed E-state index contributed by atoms with van der Waals surface area (Å²) >= 11 is 9.86. The third-order valence-corrected chi connectivity index (χ3v) is 11.1. The number of nitrogens with zero attached hydrogens (tertiary/aromatic N) is 2. The first-order chi connectivity index (χ1) is 22.6. The number of hydrogen-bond donors (Lipinski definition) is 1.